The lowest BCUT2D eigenvalue weighted by Gasteiger charge is -2.27. The zero-order valence-electron chi connectivity index (χ0n) is 24.8. The Morgan fingerprint density at radius 2 is 0.886 bits per heavy atom. The van der Waals surface area contributed by atoms with Gasteiger partial charge in [0.25, 0.3) is 0 Å². The van der Waals surface area contributed by atoms with E-state index in [1.54, 1.807) is 14.2 Å². The summed E-state index contributed by atoms with van der Waals surface area (Å²) in [5.74, 6) is 5.60. The molecule has 220 valence electrons. The van der Waals surface area contributed by atoms with Crippen LogP contribution in [-0.4, -0.2) is 34.2 Å². The first-order valence-electron chi connectivity index (χ1n) is 15.0. The zero-order chi connectivity index (χ0) is 29.9. The third kappa shape index (κ3) is 5.71. The SMILES string of the molecule is COc1ccc(Nc2nc(C3CCC(c4nc(Nc5ccc(OC)cc5)c5ccccc5n4)CC3)nc3ccccc23)cc1. The molecular weight excluding hydrogens is 548 g/mol. The molecule has 6 aromatic rings. The minimum absolute atomic E-state index is 0.268. The molecular formula is C36H34N6O2. The van der Waals surface area contributed by atoms with Crippen LogP contribution in [0.15, 0.2) is 97.1 Å². The topological polar surface area (TPSA) is 94.1 Å². The van der Waals surface area contributed by atoms with Crippen molar-refractivity contribution in [2.24, 2.45) is 0 Å². The molecule has 0 radical (unpaired) electrons. The van der Waals surface area contributed by atoms with Gasteiger partial charge in [-0.2, -0.15) is 0 Å². The summed E-state index contributed by atoms with van der Waals surface area (Å²) >= 11 is 0. The van der Waals surface area contributed by atoms with E-state index in [1.807, 2.05) is 72.8 Å². The minimum atomic E-state index is 0.268. The van der Waals surface area contributed by atoms with Gasteiger partial charge in [0.05, 0.1) is 25.3 Å². The number of aromatic nitrogens is 4. The van der Waals surface area contributed by atoms with E-state index in [0.717, 1.165) is 93.6 Å². The molecule has 8 heteroatoms. The Morgan fingerprint density at radius 3 is 1.27 bits per heavy atom. The van der Waals surface area contributed by atoms with Crippen LogP contribution in [0.1, 0.15) is 49.2 Å². The third-order valence-electron chi connectivity index (χ3n) is 8.40. The van der Waals surface area contributed by atoms with Gasteiger partial charge in [0, 0.05) is 34.0 Å². The average Bonchev–Trinajstić information content (AvgIpc) is 3.09. The largest absolute Gasteiger partial charge is 0.497 e. The van der Waals surface area contributed by atoms with Crippen LogP contribution in [0.5, 0.6) is 11.5 Å². The van der Waals surface area contributed by atoms with Crippen molar-refractivity contribution in [2.45, 2.75) is 37.5 Å². The molecule has 2 aromatic heterocycles. The summed E-state index contributed by atoms with van der Waals surface area (Å²) in [6.45, 7) is 0. The molecule has 1 fully saturated rings. The molecule has 1 aliphatic carbocycles. The number of anilines is 4. The van der Waals surface area contributed by atoms with E-state index in [2.05, 4.69) is 34.9 Å². The Bertz CT molecular complexity index is 1760. The molecule has 7 rings (SSSR count). The lowest BCUT2D eigenvalue weighted by Crippen LogP contribution is -2.17. The van der Waals surface area contributed by atoms with Crippen LogP contribution in [0.3, 0.4) is 0 Å². The molecule has 0 bridgehead atoms. The van der Waals surface area contributed by atoms with Crippen molar-refractivity contribution in [2.75, 3.05) is 24.9 Å². The standard InChI is InChI=1S/C36H34N6O2/c1-43-27-19-15-25(16-20-27)37-35-29-7-3-5-9-31(29)39-33(41-35)23-11-13-24(14-12-23)34-40-32-10-6-4-8-30(32)36(42-34)38-26-17-21-28(44-2)22-18-26/h3-10,15-24H,11-14H2,1-2H3,(H,37,39,41)(H,38,40,42). The maximum absolute atomic E-state index is 5.32. The highest BCUT2D eigenvalue weighted by molar-refractivity contribution is 5.91. The van der Waals surface area contributed by atoms with Crippen LogP contribution < -0.4 is 20.1 Å². The van der Waals surface area contributed by atoms with Crippen molar-refractivity contribution in [1.82, 2.24) is 19.9 Å². The van der Waals surface area contributed by atoms with Crippen molar-refractivity contribution in [3.63, 3.8) is 0 Å². The molecule has 0 saturated heterocycles. The quantitative estimate of drug-likeness (QED) is 0.184. The van der Waals surface area contributed by atoms with E-state index in [1.165, 1.54) is 0 Å². The van der Waals surface area contributed by atoms with Crippen LogP contribution in [0.25, 0.3) is 21.8 Å². The van der Waals surface area contributed by atoms with Crippen LogP contribution in [0, 0.1) is 0 Å². The first-order valence-corrected chi connectivity index (χ1v) is 15.0. The van der Waals surface area contributed by atoms with Gasteiger partial charge >= 0.3 is 0 Å². The Labute approximate surface area is 256 Å². The number of hydrogen-bond acceptors (Lipinski definition) is 8. The summed E-state index contributed by atoms with van der Waals surface area (Å²) in [6.07, 6.45) is 3.90. The second-order valence-electron chi connectivity index (χ2n) is 11.2. The van der Waals surface area contributed by atoms with Gasteiger partial charge in [-0.05, 0) is 98.5 Å². The van der Waals surface area contributed by atoms with E-state index >= 15 is 0 Å². The molecule has 8 nitrogen and oxygen atoms in total. The molecule has 1 saturated carbocycles. The van der Waals surface area contributed by atoms with Crippen LogP contribution >= 0.6 is 0 Å². The maximum atomic E-state index is 5.32. The maximum Gasteiger partial charge on any atom is 0.142 e. The Hall–Kier alpha value is -5.24. The van der Waals surface area contributed by atoms with E-state index in [-0.39, 0.29) is 11.8 Å². The highest BCUT2D eigenvalue weighted by Gasteiger charge is 2.28. The highest BCUT2D eigenvalue weighted by atomic mass is 16.5. The van der Waals surface area contributed by atoms with Gasteiger partial charge in [-0.3, -0.25) is 0 Å². The molecule has 0 aliphatic heterocycles. The fraction of sp³-hybridized carbons (Fsp3) is 0.222. The fourth-order valence-electron chi connectivity index (χ4n) is 5.98. The molecule has 1 aliphatic rings. The molecule has 0 unspecified atom stereocenters. The van der Waals surface area contributed by atoms with E-state index < -0.39 is 0 Å². The zero-order valence-corrected chi connectivity index (χ0v) is 24.8. The van der Waals surface area contributed by atoms with E-state index in [9.17, 15) is 0 Å². The number of methoxy groups -OCH3 is 2. The highest BCUT2D eigenvalue weighted by Crippen LogP contribution is 2.40. The van der Waals surface area contributed by atoms with Crippen LogP contribution in [0.2, 0.25) is 0 Å². The van der Waals surface area contributed by atoms with Gasteiger partial charge < -0.3 is 20.1 Å². The predicted octanol–water partition coefficient (Wildman–Crippen LogP) is 8.52. The first-order chi connectivity index (χ1) is 21.7. The van der Waals surface area contributed by atoms with Crippen molar-refractivity contribution in [3.05, 3.63) is 109 Å². The minimum Gasteiger partial charge on any atom is -0.497 e. The number of para-hydroxylation sites is 2. The average molecular weight is 583 g/mol. The van der Waals surface area contributed by atoms with Gasteiger partial charge in [0.1, 0.15) is 34.8 Å². The van der Waals surface area contributed by atoms with Crippen molar-refractivity contribution in [3.8, 4) is 11.5 Å². The lowest BCUT2D eigenvalue weighted by molar-refractivity contribution is 0.376. The van der Waals surface area contributed by atoms with Crippen molar-refractivity contribution < 1.29 is 9.47 Å². The normalized spacial score (nSPS) is 16.5. The summed E-state index contributed by atoms with van der Waals surface area (Å²) in [7, 11) is 3.34. The van der Waals surface area contributed by atoms with Gasteiger partial charge in [-0.15, -0.1) is 0 Å². The van der Waals surface area contributed by atoms with E-state index in [0.29, 0.717) is 0 Å². The predicted molar refractivity (Wildman–Crippen MR) is 176 cm³/mol. The first kappa shape index (κ1) is 27.6. The number of nitrogens with one attached hydrogen (secondary N) is 2. The lowest BCUT2D eigenvalue weighted by atomic mass is 9.81. The van der Waals surface area contributed by atoms with E-state index in [4.69, 9.17) is 29.4 Å². The smallest absolute Gasteiger partial charge is 0.142 e. The molecule has 4 aromatic carbocycles. The number of rotatable bonds is 8. The van der Waals surface area contributed by atoms with Gasteiger partial charge in [-0.1, -0.05) is 24.3 Å². The van der Waals surface area contributed by atoms with Crippen LogP contribution in [-0.2, 0) is 0 Å². The Kier molecular flexibility index (Phi) is 7.63. The van der Waals surface area contributed by atoms with Crippen molar-refractivity contribution in [1.29, 1.82) is 0 Å². The molecule has 0 spiro atoms. The summed E-state index contributed by atoms with van der Waals surface area (Å²) in [6, 6.07) is 32.2. The molecule has 0 amide bonds. The van der Waals surface area contributed by atoms with Gasteiger partial charge in [-0.25, -0.2) is 19.9 Å². The van der Waals surface area contributed by atoms with Gasteiger partial charge in [0.2, 0.25) is 0 Å². The summed E-state index contributed by atoms with van der Waals surface area (Å²) in [5.41, 5.74) is 3.80. The Balaban J connectivity index is 1.12. The summed E-state index contributed by atoms with van der Waals surface area (Å²) in [4.78, 5) is 20.2. The summed E-state index contributed by atoms with van der Waals surface area (Å²) in [5, 5.41) is 9.05. The fourth-order valence-corrected chi connectivity index (χ4v) is 5.98. The van der Waals surface area contributed by atoms with Crippen molar-refractivity contribution >= 4 is 44.8 Å². The number of benzene rings is 4. The number of fused-ring (bicyclic) bond motifs is 2. The molecule has 2 heterocycles. The summed E-state index contributed by atoms with van der Waals surface area (Å²) < 4.78 is 10.6. The molecule has 44 heavy (non-hydrogen) atoms. The molecule has 0 atom stereocenters. The second kappa shape index (κ2) is 12.2. The second-order valence-corrected chi connectivity index (χ2v) is 11.2. The number of hydrogen-bond donors (Lipinski definition) is 2. The Morgan fingerprint density at radius 1 is 0.500 bits per heavy atom. The third-order valence-corrected chi connectivity index (χ3v) is 8.40. The van der Waals surface area contributed by atoms with Crippen LogP contribution in [0.4, 0.5) is 23.0 Å². The monoisotopic (exact) mass is 582 g/mol. The van der Waals surface area contributed by atoms with Gasteiger partial charge in [0.15, 0.2) is 0 Å². The number of nitrogens with zero attached hydrogens (tertiary/aromatic N) is 4. The number of ether oxygens (including phenoxy) is 2. The molecule has 2 N–H and O–H groups in total.